The van der Waals surface area contributed by atoms with Gasteiger partial charge in [-0.1, -0.05) is 0 Å². The molecular formula is C39H46ClF2N5O8S2. The molecule has 18 heteroatoms. The Labute approximate surface area is 343 Å². The van der Waals surface area contributed by atoms with Gasteiger partial charge in [0.15, 0.2) is 0 Å². The minimum atomic E-state index is -0.489. The molecule has 4 atom stereocenters. The number of hydrogen-bond donors (Lipinski definition) is 1. The van der Waals surface area contributed by atoms with Crippen LogP contribution in [-0.2, 0) is 19.1 Å². The molecule has 2 N–H and O–H groups in total. The Morgan fingerprint density at radius 2 is 1.16 bits per heavy atom. The van der Waals surface area contributed by atoms with Gasteiger partial charge in [0, 0.05) is 98.3 Å². The van der Waals surface area contributed by atoms with Crippen molar-refractivity contribution in [3.63, 3.8) is 0 Å². The minimum absolute atomic E-state index is 0.157. The number of anilines is 4. The molecule has 4 saturated heterocycles. The molecule has 6 aliphatic heterocycles. The predicted molar refractivity (Wildman–Crippen MR) is 216 cm³/mol. The summed E-state index contributed by atoms with van der Waals surface area (Å²) in [4.78, 5) is 53.6. The van der Waals surface area contributed by atoms with E-state index in [1.54, 1.807) is 12.1 Å². The number of Topliss-reactive ketones (excluding diaryl/α,β-unsaturated/α-hetero) is 1. The highest BCUT2D eigenvalue weighted by molar-refractivity contribution is 7.99. The topological polar surface area (TPSA) is 144 Å². The number of nitrogens with zero attached hydrogens (tertiary/aromatic N) is 4. The van der Waals surface area contributed by atoms with Crippen LogP contribution in [0.25, 0.3) is 0 Å². The van der Waals surface area contributed by atoms with Gasteiger partial charge in [0.2, 0.25) is 5.24 Å². The summed E-state index contributed by atoms with van der Waals surface area (Å²) in [6, 6.07) is 5.55. The van der Waals surface area contributed by atoms with E-state index in [9.17, 15) is 28.0 Å². The Kier molecular flexibility index (Phi) is 12.2. The summed E-state index contributed by atoms with van der Waals surface area (Å²) in [6.45, 7) is 4.03. The van der Waals surface area contributed by atoms with Gasteiger partial charge >= 0.3 is 12.2 Å². The van der Waals surface area contributed by atoms with E-state index in [4.69, 9.17) is 36.3 Å². The molecule has 6 fully saturated rings. The molecule has 13 nitrogen and oxygen atoms in total. The first-order valence-electron chi connectivity index (χ1n) is 19.6. The van der Waals surface area contributed by atoms with Crippen LogP contribution >= 0.6 is 35.1 Å². The van der Waals surface area contributed by atoms with Crippen LogP contribution < -0.4 is 34.8 Å². The van der Waals surface area contributed by atoms with Crippen LogP contribution in [0, 0.1) is 23.5 Å². The number of fused-ring (bicyclic) bond motifs is 6. The van der Waals surface area contributed by atoms with Gasteiger partial charge in [-0.3, -0.25) is 19.4 Å². The fourth-order valence-corrected chi connectivity index (χ4v) is 9.85. The van der Waals surface area contributed by atoms with E-state index >= 15 is 0 Å². The summed E-state index contributed by atoms with van der Waals surface area (Å²) in [5.74, 6) is 4.93. The smallest absolute Gasteiger partial charge is 0.415 e. The van der Waals surface area contributed by atoms with Crippen LogP contribution in [0.5, 0.6) is 11.5 Å². The molecule has 2 amide bonds. The van der Waals surface area contributed by atoms with E-state index in [0.717, 1.165) is 74.9 Å². The standard InChI is InChI=1S/C20H23FN2O4S.C15H18FN3O3S.C4H5ClO/c21-13-9-15-19(10-14(13)22-5-7-28-8-6-22)26-11-16-18(27-20(25)23(15)16)4-3-17(24)12-1-2-12;16-9-5-11-13(6-10(9)18-1-3-23-4-2-18)21-8-12-14(7-17)22-15(20)19(11)12;5-4(6)3-1-2-3/h9-10,12,16,18H,1-8,11H2;5-6,12,14H,1-4,7-8,17H2;3H,1-2H2/t16-,18-;12-,14-;/m00./s1. The fourth-order valence-electron chi connectivity index (χ4n) is 7.83. The Hall–Kier alpha value is -3.67. The number of ether oxygens (including phenoxy) is 4. The lowest BCUT2D eigenvalue weighted by Gasteiger charge is -2.34. The Bertz CT molecular complexity index is 1880. The maximum atomic E-state index is 14.9. The number of amides is 2. The molecule has 2 aromatic rings. The van der Waals surface area contributed by atoms with Gasteiger partial charge in [-0.25, -0.2) is 18.4 Å². The summed E-state index contributed by atoms with van der Waals surface area (Å²) >= 11 is 8.77. The summed E-state index contributed by atoms with van der Waals surface area (Å²) < 4.78 is 51.9. The van der Waals surface area contributed by atoms with Crippen molar-refractivity contribution in [2.24, 2.45) is 17.6 Å². The van der Waals surface area contributed by atoms with Crippen LogP contribution in [-0.4, -0.2) is 116 Å². The third-order valence-electron chi connectivity index (χ3n) is 11.4. The number of cyclic esters (lactones) is 2. The molecule has 8 aliphatic rings. The van der Waals surface area contributed by atoms with Crippen molar-refractivity contribution in [2.75, 3.05) is 88.5 Å². The highest BCUT2D eigenvalue weighted by atomic mass is 35.5. The average molecular weight is 850 g/mol. The van der Waals surface area contributed by atoms with Crippen LogP contribution in [0.15, 0.2) is 24.3 Å². The lowest BCUT2D eigenvalue weighted by Crippen LogP contribution is -2.46. The second-order valence-electron chi connectivity index (χ2n) is 15.2. The molecule has 2 aromatic carbocycles. The monoisotopic (exact) mass is 849 g/mol. The first-order valence-corrected chi connectivity index (χ1v) is 22.3. The van der Waals surface area contributed by atoms with Crippen molar-refractivity contribution < 1.29 is 46.9 Å². The van der Waals surface area contributed by atoms with Crippen molar-refractivity contribution in [2.45, 2.75) is 62.8 Å². The molecule has 0 unspecified atom stereocenters. The molecule has 2 aliphatic carbocycles. The maximum absolute atomic E-state index is 14.9. The van der Waals surface area contributed by atoms with Crippen molar-refractivity contribution >= 4 is 81.1 Å². The Balaban J connectivity index is 0.000000141. The van der Waals surface area contributed by atoms with E-state index in [0.29, 0.717) is 60.3 Å². The van der Waals surface area contributed by atoms with Crippen molar-refractivity contribution in [3.05, 3.63) is 35.9 Å². The van der Waals surface area contributed by atoms with Gasteiger partial charge in [0.25, 0.3) is 0 Å². The van der Waals surface area contributed by atoms with Crippen LogP contribution in [0.2, 0.25) is 0 Å². The zero-order chi connectivity index (χ0) is 39.8. The third-order valence-corrected chi connectivity index (χ3v) is 13.6. The molecular weight excluding hydrogens is 804 g/mol. The average Bonchev–Trinajstić information content (AvgIpc) is 4.17. The van der Waals surface area contributed by atoms with Gasteiger partial charge in [0.05, 0.1) is 22.7 Å². The minimum Gasteiger partial charge on any atom is -0.489 e. The second kappa shape index (κ2) is 17.3. The van der Waals surface area contributed by atoms with Crippen LogP contribution in [0.1, 0.15) is 38.5 Å². The van der Waals surface area contributed by atoms with Gasteiger partial charge in [-0.15, -0.1) is 0 Å². The Morgan fingerprint density at radius 1 is 0.702 bits per heavy atom. The number of carbonyl (C=O) groups is 4. The quantitative estimate of drug-likeness (QED) is 0.320. The van der Waals surface area contributed by atoms with Gasteiger partial charge < -0.3 is 34.5 Å². The molecule has 6 heterocycles. The third kappa shape index (κ3) is 8.71. The number of carbonyl (C=O) groups excluding carboxylic acids is 4. The molecule has 57 heavy (non-hydrogen) atoms. The predicted octanol–water partition coefficient (Wildman–Crippen LogP) is 5.81. The first-order chi connectivity index (χ1) is 27.6. The molecule has 0 radical (unpaired) electrons. The van der Waals surface area contributed by atoms with Crippen molar-refractivity contribution in [1.82, 2.24) is 0 Å². The highest BCUT2D eigenvalue weighted by Gasteiger charge is 2.48. The summed E-state index contributed by atoms with van der Waals surface area (Å²) in [5, 5.41) is -0.157. The number of thioether (sulfide) groups is 2. The van der Waals surface area contributed by atoms with E-state index < -0.39 is 24.4 Å². The lowest BCUT2D eigenvalue weighted by molar-refractivity contribution is -0.120. The zero-order valence-electron chi connectivity index (χ0n) is 31.4. The molecule has 0 aromatic heterocycles. The van der Waals surface area contributed by atoms with E-state index in [1.165, 1.54) is 21.9 Å². The first kappa shape index (κ1) is 40.1. The number of benzene rings is 2. The molecule has 308 valence electrons. The number of rotatable bonds is 8. The normalized spacial score (nSPS) is 25.8. The van der Waals surface area contributed by atoms with Gasteiger partial charge in [-0.2, -0.15) is 23.5 Å². The van der Waals surface area contributed by atoms with Gasteiger partial charge in [0.1, 0.15) is 66.4 Å². The summed E-state index contributed by atoms with van der Waals surface area (Å²) in [6.07, 6.45) is 3.11. The van der Waals surface area contributed by atoms with Crippen molar-refractivity contribution in [1.29, 1.82) is 0 Å². The van der Waals surface area contributed by atoms with E-state index in [2.05, 4.69) is 0 Å². The van der Waals surface area contributed by atoms with Crippen molar-refractivity contribution in [3.8, 4) is 11.5 Å². The van der Waals surface area contributed by atoms with Crippen LogP contribution in [0.3, 0.4) is 0 Å². The highest BCUT2D eigenvalue weighted by Crippen LogP contribution is 2.45. The van der Waals surface area contributed by atoms with E-state index in [1.807, 2.05) is 33.3 Å². The molecule has 0 bridgehead atoms. The zero-order valence-corrected chi connectivity index (χ0v) is 33.8. The Morgan fingerprint density at radius 3 is 1.58 bits per heavy atom. The fraction of sp³-hybridized carbons (Fsp3) is 0.590. The molecule has 0 spiro atoms. The second-order valence-corrected chi connectivity index (χ2v) is 18.0. The number of hydrogen-bond acceptors (Lipinski definition) is 13. The number of halogens is 3. The maximum Gasteiger partial charge on any atom is 0.415 e. The SMILES string of the molecule is NC[C@@H]1OC(=O)N2c3cc(F)c(N4CCSCC4)cc3OC[C@@H]12.O=C(CC[C@@H]1OC(=O)N2c3cc(F)c(N4CCSCC4)cc3OC[C@@H]12)C1CC1.O=C(Cl)C1CC1. The number of nitrogens with two attached hydrogens (primary N) is 1. The molecule has 10 rings (SSSR count). The van der Waals surface area contributed by atoms with Crippen LogP contribution in [0.4, 0.5) is 41.1 Å². The van der Waals surface area contributed by atoms with E-state index in [-0.39, 0.29) is 53.1 Å². The summed E-state index contributed by atoms with van der Waals surface area (Å²) in [7, 11) is 0. The summed E-state index contributed by atoms with van der Waals surface area (Å²) in [5.41, 5.74) is 7.54. The largest absolute Gasteiger partial charge is 0.489 e. The van der Waals surface area contributed by atoms with Gasteiger partial charge in [-0.05, 0) is 43.7 Å². The molecule has 2 saturated carbocycles. The number of ketones is 1. The lowest BCUT2D eigenvalue weighted by atomic mass is 10.0.